The zero-order valence-electron chi connectivity index (χ0n) is 26.8. The zero-order chi connectivity index (χ0) is 33.6. The lowest BCUT2D eigenvalue weighted by Gasteiger charge is -2.32. The van der Waals surface area contributed by atoms with Gasteiger partial charge in [-0.05, 0) is 112 Å². The summed E-state index contributed by atoms with van der Waals surface area (Å²) in [6.07, 6.45) is 5.78. The van der Waals surface area contributed by atoms with Gasteiger partial charge in [0.2, 0.25) is 5.91 Å². The maximum Gasteiger partial charge on any atom is 0.439 e. The second kappa shape index (κ2) is 14.5. The Morgan fingerprint density at radius 1 is 0.957 bits per heavy atom. The summed E-state index contributed by atoms with van der Waals surface area (Å²) in [5.41, 5.74) is 9.73. The van der Waals surface area contributed by atoms with E-state index in [0.717, 1.165) is 16.7 Å². The van der Waals surface area contributed by atoms with Gasteiger partial charge in [-0.3, -0.25) is 24.1 Å². The van der Waals surface area contributed by atoms with E-state index in [2.05, 4.69) is 25.0 Å². The van der Waals surface area contributed by atoms with Crippen LogP contribution in [0.15, 0.2) is 82.4 Å². The number of carbonyl (C=O) groups excluding carboxylic acids is 3. The molecule has 12 heteroatoms. The van der Waals surface area contributed by atoms with Gasteiger partial charge in [0.25, 0.3) is 5.91 Å². The third kappa shape index (κ3) is 8.79. The zero-order valence-corrected chi connectivity index (χ0v) is 26.8. The predicted octanol–water partition coefficient (Wildman–Crippen LogP) is 4.85. The number of rotatable bonds is 9. The van der Waals surface area contributed by atoms with E-state index in [4.69, 9.17) is 10.5 Å². The quantitative estimate of drug-likeness (QED) is 0.231. The molecule has 0 unspecified atom stereocenters. The first-order valence-corrected chi connectivity index (χ1v) is 15.7. The molecule has 1 atom stereocenters. The minimum absolute atomic E-state index is 0.192. The molecule has 1 aliphatic carbocycles. The molecule has 0 saturated heterocycles. The Kier molecular flexibility index (Phi) is 10.3. The molecule has 0 spiro atoms. The van der Waals surface area contributed by atoms with Crippen molar-refractivity contribution in [2.45, 2.75) is 64.5 Å². The van der Waals surface area contributed by atoms with E-state index in [1.807, 2.05) is 57.2 Å². The Labute approximate surface area is 272 Å². The molecule has 246 valence electrons. The molecule has 1 aliphatic rings. The van der Waals surface area contributed by atoms with Gasteiger partial charge in [0, 0.05) is 30.4 Å². The number of aromatic amines is 1. The van der Waals surface area contributed by atoms with Crippen LogP contribution in [-0.4, -0.2) is 51.2 Å². The lowest BCUT2D eigenvalue weighted by molar-refractivity contribution is -0.130. The summed E-state index contributed by atoms with van der Waals surface area (Å²) < 4.78 is 9.94. The molecule has 0 aliphatic heterocycles. The van der Waals surface area contributed by atoms with E-state index >= 15 is 0 Å². The van der Waals surface area contributed by atoms with E-state index < -0.39 is 35.3 Å². The van der Waals surface area contributed by atoms with E-state index in [1.54, 1.807) is 36.7 Å². The molecular weight excluding hydrogens is 600 g/mol. The molecule has 1 fully saturated rings. The van der Waals surface area contributed by atoms with Crippen LogP contribution in [-0.2, 0) is 20.7 Å². The Balaban J connectivity index is 1.29. The summed E-state index contributed by atoms with van der Waals surface area (Å²) in [7, 11) is 0. The third-order valence-electron chi connectivity index (χ3n) is 8.15. The molecule has 0 bridgehead atoms. The molecule has 2 heterocycles. The van der Waals surface area contributed by atoms with Gasteiger partial charge in [-0.15, -0.1) is 0 Å². The maximum absolute atomic E-state index is 14.1. The van der Waals surface area contributed by atoms with Crippen molar-refractivity contribution in [2.24, 2.45) is 17.6 Å². The lowest BCUT2D eigenvalue weighted by Crippen LogP contribution is -2.50. The third-order valence-corrected chi connectivity index (χ3v) is 8.15. The van der Waals surface area contributed by atoms with Crippen molar-refractivity contribution in [3.63, 3.8) is 0 Å². The second-order valence-corrected chi connectivity index (χ2v) is 12.8. The minimum atomic E-state index is -0.980. The topological polar surface area (TPSA) is 174 Å². The molecule has 12 nitrogen and oxygen atoms in total. The molecule has 5 rings (SSSR count). The molecule has 47 heavy (non-hydrogen) atoms. The number of aromatic nitrogens is 3. The number of anilines is 1. The Bertz CT molecular complexity index is 1720. The van der Waals surface area contributed by atoms with Crippen LogP contribution in [0.4, 0.5) is 10.5 Å². The number of nitrogens with two attached hydrogens (primary N) is 1. The van der Waals surface area contributed by atoms with E-state index in [1.165, 1.54) is 4.90 Å². The molecular formula is C35H40N6O6. The predicted molar refractivity (Wildman–Crippen MR) is 176 cm³/mol. The number of benzene rings is 2. The number of carbonyl (C=O) groups is 3. The number of alkyl carbamates (subject to hydrolysis) is 1. The van der Waals surface area contributed by atoms with Crippen LogP contribution >= 0.6 is 0 Å². The van der Waals surface area contributed by atoms with Crippen LogP contribution < -0.4 is 21.7 Å². The van der Waals surface area contributed by atoms with Crippen molar-refractivity contribution in [1.29, 1.82) is 0 Å². The molecule has 0 radical (unpaired) electrons. The summed E-state index contributed by atoms with van der Waals surface area (Å²) in [5.74, 6) is -1.49. The van der Waals surface area contributed by atoms with Crippen LogP contribution in [0.2, 0.25) is 0 Å². The van der Waals surface area contributed by atoms with Gasteiger partial charge < -0.3 is 15.8 Å². The number of ether oxygens (including phenoxy) is 1. The van der Waals surface area contributed by atoms with Crippen molar-refractivity contribution < 1.29 is 23.6 Å². The maximum atomic E-state index is 14.1. The van der Waals surface area contributed by atoms with Gasteiger partial charge in [-0.2, -0.15) is 0 Å². The van der Waals surface area contributed by atoms with Crippen LogP contribution in [0.25, 0.3) is 22.5 Å². The number of pyridine rings is 1. The molecule has 2 aromatic heterocycles. The first-order chi connectivity index (χ1) is 22.5. The van der Waals surface area contributed by atoms with Crippen LogP contribution in [0, 0.1) is 11.8 Å². The highest BCUT2D eigenvalue weighted by atomic mass is 16.6. The average molecular weight is 641 g/mol. The average Bonchev–Trinajstić information content (AvgIpc) is 3.50. The lowest BCUT2D eigenvalue weighted by atomic mass is 9.81. The summed E-state index contributed by atoms with van der Waals surface area (Å²) in [6.45, 7) is 5.88. The van der Waals surface area contributed by atoms with Crippen molar-refractivity contribution in [1.82, 2.24) is 20.4 Å². The molecule has 4 N–H and O–H groups in total. The fraction of sp³-hybridized carbons (Fsp3) is 0.371. The van der Waals surface area contributed by atoms with Crippen LogP contribution in [0.5, 0.6) is 0 Å². The highest BCUT2D eigenvalue weighted by Crippen LogP contribution is 2.32. The smallest absolute Gasteiger partial charge is 0.439 e. The van der Waals surface area contributed by atoms with Gasteiger partial charge in [-0.25, -0.2) is 14.5 Å². The Hall–Kier alpha value is -5.10. The van der Waals surface area contributed by atoms with Crippen molar-refractivity contribution >= 4 is 23.6 Å². The fourth-order valence-electron chi connectivity index (χ4n) is 5.71. The van der Waals surface area contributed by atoms with E-state index in [9.17, 15) is 19.2 Å². The molecule has 4 aromatic rings. The number of H-pyrrole nitrogens is 1. The highest BCUT2D eigenvalue weighted by Gasteiger charge is 2.35. The number of amides is 3. The summed E-state index contributed by atoms with van der Waals surface area (Å²) in [5, 5.41) is 6.53. The molecule has 2 aromatic carbocycles. The van der Waals surface area contributed by atoms with Gasteiger partial charge in [0.05, 0.1) is 11.7 Å². The van der Waals surface area contributed by atoms with Crippen molar-refractivity contribution in [3.05, 3.63) is 89.2 Å². The summed E-state index contributed by atoms with van der Waals surface area (Å²) in [4.78, 5) is 59.3. The van der Waals surface area contributed by atoms with E-state index in [0.29, 0.717) is 43.5 Å². The van der Waals surface area contributed by atoms with Crippen LogP contribution in [0.1, 0.15) is 52.0 Å². The minimum Gasteiger partial charge on any atom is -0.444 e. The first-order valence-electron chi connectivity index (χ1n) is 15.7. The number of nitrogens with one attached hydrogen (secondary N) is 2. The summed E-state index contributed by atoms with van der Waals surface area (Å²) >= 11 is 0. The highest BCUT2D eigenvalue weighted by molar-refractivity contribution is 6.17. The fourth-order valence-corrected chi connectivity index (χ4v) is 5.71. The number of hydrogen-bond donors (Lipinski definition) is 3. The number of hydrogen-bond acceptors (Lipinski definition) is 9. The SMILES string of the molecule is CC(C)(C)OC(=O)NC[C@H]1CC[C@H](C(=O)N(C(=O)[C@@H](N)Cc2ccc(-c3ccncc3)cc2)c2ccc(-c3noc(=O)[nH]3)cc2)CC1. The number of imide groups is 1. The normalized spacial score (nSPS) is 17.0. The van der Waals surface area contributed by atoms with Gasteiger partial charge in [0.1, 0.15) is 5.60 Å². The van der Waals surface area contributed by atoms with Gasteiger partial charge in [-0.1, -0.05) is 29.4 Å². The Morgan fingerprint density at radius 2 is 1.57 bits per heavy atom. The van der Waals surface area contributed by atoms with Crippen molar-refractivity contribution in [3.8, 4) is 22.5 Å². The number of nitrogens with zero attached hydrogens (tertiary/aromatic N) is 3. The first kappa shape index (κ1) is 33.3. The van der Waals surface area contributed by atoms with E-state index in [-0.39, 0.29) is 24.1 Å². The standard InChI is InChI=1S/C35H40N6O6/c1-35(2,3)46-33(44)38-21-23-6-10-27(11-7-23)31(42)41(28-14-12-26(13-15-28)30-39-34(45)47-40-30)32(43)29(36)20-22-4-8-24(9-5-22)25-16-18-37-19-17-25/h4-5,8-9,12-19,23,27,29H,6-7,10-11,20-21,36H2,1-3H3,(H,38,44)(H,39,40,45)/t23-,27-,29-/m0/s1. The second-order valence-electron chi connectivity index (χ2n) is 12.8. The van der Waals surface area contributed by atoms with Gasteiger partial charge >= 0.3 is 11.8 Å². The summed E-state index contributed by atoms with van der Waals surface area (Å²) in [6, 6.07) is 17.2. The molecule has 1 saturated carbocycles. The Morgan fingerprint density at radius 3 is 2.17 bits per heavy atom. The largest absolute Gasteiger partial charge is 0.444 e. The molecule has 3 amide bonds. The van der Waals surface area contributed by atoms with Crippen molar-refractivity contribution in [2.75, 3.05) is 11.4 Å². The monoisotopic (exact) mass is 640 g/mol. The van der Waals surface area contributed by atoms with Gasteiger partial charge in [0.15, 0.2) is 5.82 Å². The van der Waals surface area contributed by atoms with Crippen LogP contribution in [0.3, 0.4) is 0 Å².